The lowest BCUT2D eigenvalue weighted by atomic mass is 10.2. The van der Waals surface area contributed by atoms with E-state index in [4.69, 9.17) is 9.47 Å². The van der Waals surface area contributed by atoms with Gasteiger partial charge < -0.3 is 14.4 Å². The third-order valence-electron chi connectivity index (χ3n) is 3.21. The molecule has 1 heterocycles. The van der Waals surface area contributed by atoms with Crippen molar-refractivity contribution >= 4 is 6.09 Å². The molecule has 0 N–H and O–H groups in total. The van der Waals surface area contributed by atoms with Gasteiger partial charge in [-0.25, -0.2) is 4.79 Å². The van der Waals surface area contributed by atoms with Crippen molar-refractivity contribution < 1.29 is 14.3 Å². The van der Waals surface area contributed by atoms with Gasteiger partial charge in [-0.05, 0) is 39.8 Å². The van der Waals surface area contributed by atoms with E-state index in [9.17, 15) is 4.79 Å². The summed E-state index contributed by atoms with van der Waals surface area (Å²) in [6, 6.07) is 9.84. The summed E-state index contributed by atoms with van der Waals surface area (Å²) in [5.41, 5.74) is -0.463. The highest BCUT2D eigenvalue weighted by molar-refractivity contribution is 5.69. The molecule has 1 aromatic rings. The molecule has 110 valence electrons. The lowest BCUT2D eigenvalue weighted by Crippen LogP contribution is -2.39. The van der Waals surface area contributed by atoms with Crippen LogP contribution < -0.4 is 4.74 Å². The molecule has 0 radical (unpaired) electrons. The fourth-order valence-electron chi connectivity index (χ4n) is 2.33. The number of amides is 1. The molecule has 1 aromatic carbocycles. The average Bonchev–Trinajstić information content (AvgIpc) is 2.69. The standard InChI is InChI=1S/C16H23NO3/c1-12-10-14(19-13-8-6-5-7-9-13)11-17(12)15(18)20-16(2,3)4/h5-9,12,14H,10-11H2,1-4H3. The first-order valence-electron chi connectivity index (χ1n) is 7.06. The number of carbonyl (C=O) groups excluding carboxylic acids is 1. The van der Waals surface area contributed by atoms with Crippen LogP contribution in [0, 0.1) is 0 Å². The van der Waals surface area contributed by atoms with Crippen LogP contribution >= 0.6 is 0 Å². The van der Waals surface area contributed by atoms with Gasteiger partial charge in [-0.2, -0.15) is 0 Å². The zero-order valence-electron chi connectivity index (χ0n) is 12.6. The molecular weight excluding hydrogens is 254 g/mol. The van der Waals surface area contributed by atoms with Crippen molar-refractivity contribution in [2.75, 3.05) is 6.54 Å². The number of nitrogens with zero attached hydrogens (tertiary/aromatic N) is 1. The highest BCUT2D eigenvalue weighted by atomic mass is 16.6. The van der Waals surface area contributed by atoms with E-state index in [0.717, 1.165) is 12.2 Å². The molecule has 1 aliphatic heterocycles. The topological polar surface area (TPSA) is 38.8 Å². The maximum Gasteiger partial charge on any atom is 0.410 e. The predicted molar refractivity (Wildman–Crippen MR) is 77.9 cm³/mol. The number of hydrogen-bond donors (Lipinski definition) is 0. The summed E-state index contributed by atoms with van der Waals surface area (Å²) in [4.78, 5) is 13.9. The molecule has 0 spiro atoms. The van der Waals surface area contributed by atoms with Crippen LogP contribution in [0.3, 0.4) is 0 Å². The second kappa shape index (κ2) is 5.73. The summed E-state index contributed by atoms with van der Waals surface area (Å²) >= 11 is 0. The summed E-state index contributed by atoms with van der Waals surface area (Å²) in [5, 5.41) is 0. The largest absolute Gasteiger partial charge is 0.489 e. The quantitative estimate of drug-likeness (QED) is 0.831. The van der Waals surface area contributed by atoms with Crippen LogP contribution in [-0.2, 0) is 4.74 Å². The number of hydrogen-bond acceptors (Lipinski definition) is 3. The second-order valence-corrected chi connectivity index (χ2v) is 6.27. The molecule has 2 unspecified atom stereocenters. The van der Waals surface area contributed by atoms with Crippen molar-refractivity contribution in [3.05, 3.63) is 30.3 Å². The molecule has 0 aromatic heterocycles. The second-order valence-electron chi connectivity index (χ2n) is 6.27. The molecule has 1 aliphatic rings. The maximum atomic E-state index is 12.1. The van der Waals surface area contributed by atoms with Gasteiger partial charge in [0.1, 0.15) is 17.5 Å². The Morgan fingerprint density at radius 1 is 1.25 bits per heavy atom. The smallest absolute Gasteiger partial charge is 0.410 e. The molecule has 2 atom stereocenters. The third-order valence-corrected chi connectivity index (χ3v) is 3.21. The van der Waals surface area contributed by atoms with Crippen LogP contribution in [0.25, 0.3) is 0 Å². The van der Waals surface area contributed by atoms with Gasteiger partial charge in [0.15, 0.2) is 0 Å². The van der Waals surface area contributed by atoms with Gasteiger partial charge >= 0.3 is 6.09 Å². The minimum atomic E-state index is -0.463. The Bertz CT molecular complexity index is 453. The first-order valence-corrected chi connectivity index (χ1v) is 7.06. The molecule has 0 aliphatic carbocycles. The zero-order valence-corrected chi connectivity index (χ0v) is 12.6. The number of likely N-dealkylation sites (tertiary alicyclic amines) is 1. The Balaban J connectivity index is 1.93. The Kier molecular flexibility index (Phi) is 4.21. The molecule has 0 bridgehead atoms. The first kappa shape index (κ1) is 14.7. The lowest BCUT2D eigenvalue weighted by molar-refractivity contribution is 0.0224. The summed E-state index contributed by atoms with van der Waals surface area (Å²) < 4.78 is 11.3. The van der Waals surface area contributed by atoms with Gasteiger partial charge in [-0.15, -0.1) is 0 Å². The Morgan fingerprint density at radius 3 is 2.50 bits per heavy atom. The van der Waals surface area contributed by atoms with Crippen LogP contribution in [0.15, 0.2) is 30.3 Å². The number of rotatable bonds is 2. The molecule has 1 saturated heterocycles. The van der Waals surface area contributed by atoms with Crippen LogP contribution in [0.5, 0.6) is 5.75 Å². The summed E-state index contributed by atoms with van der Waals surface area (Å²) in [6.07, 6.45) is 0.595. The number of ether oxygens (including phenoxy) is 2. The van der Waals surface area contributed by atoms with E-state index in [0.29, 0.717) is 6.54 Å². The van der Waals surface area contributed by atoms with Crippen LogP contribution in [0.4, 0.5) is 4.79 Å². The fraction of sp³-hybridized carbons (Fsp3) is 0.562. The zero-order chi connectivity index (χ0) is 14.8. The average molecular weight is 277 g/mol. The lowest BCUT2D eigenvalue weighted by Gasteiger charge is -2.26. The molecule has 0 saturated carbocycles. The molecule has 2 rings (SSSR count). The van der Waals surface area contributed by atoms with E-state index >= 15 is 0 Å². The van der Waals surface area contributed by atoms with Gasteiger partial charge in [0.2, 0.25) is 0 Å². The highest BCUT2D eigenvalue weighted by Gasteiger charge is 2.36. The minimum absolute atomic E-state index is 0.0277. The normalized spacial score (nSPS) is 22.7. The molecule has 1 fully saturated rings. The number of para-hydroxylation sites is 1. The van der Waals surface area contributed by atoms with E-state index in [1.807, 2.05) is 58.0 Å². The van der Waals surface area contributed by atoms with Crippen molar-refractivity contribution in [3.8, 4) is 5.75 Å². The first-order chi connectivity index (χ1) is 9.35. The van der Waals surface area contributed by atoms with E-state index in [1.54, 1.807) is 4.90 Å². The Hall–Kier alpha value is -1.71. The third kappa shape index (κ3) is 3.89. The summed E-state index contributed by atoms with van der Waals surface area (Å²) in [5.74, 6) is 0.843. The van der Waals surface area contributed by atoms with Gasteiger partial charge in [0, 0.05) is 12.5 Å². The Morgan fingerprint density at radius 2 is 1.90 bits per heavy atom. The van der Waals surface area contributed by atoms with Gasteiger partial charge in [-0.3, -0.25) is 0 Å². The minimum Gasteiger partial charge on any atom is -0.489 e. The van der Waals surface area contributed by atoms with Crippen LogP contribution in [-0.4, -0.2) is 35.3 Å². The molecule has 1 amide bonds. The van der Waals surface area contributed by atoms with Crippen molar-refractivity contribution in [3.63, 3.8) is 0 Å². The number of benzene rings is 1. The van der Waals surface area contributed by atoms with Crippen LogP contribution in [0.2, 0.25) is 0 Å². The highest BCUT2D eigenvalue weighted by Crippen LogP contribution is 2.24. The molecule has 20 heavy (non-hydrogen) atoms. The molecule has 4 heteroatoms. The van der Waals surface area contributed by atoms with Crippen LogP contribution in [0.1, 0.15) is 34.1 Å². The summed E-state index contributed by atoms with van der Waals surface area (Å²) in [6.45, 7) is 8.24. The SMILES string of the molecule is CC1CC(Oc2ccccc2)CN1C(=O)OC(C)(C)C. The molecular formula is C16H23NO3. The van der Waals surface area contributed by atoms with Crippen molar-refractivity contribution in [1.29, 1.82) is 0 Å². The number of carbonyl (C=O) groups is 1. The van der Waals surface area contributed by atoms with Gasteiger partial charge in [0.05, 0.1) is 6.54 Å². The summed E-state index contributed by atoms with van der Waals surface area (Å²) in [7, 11) is 0. The van der Waals surface area contributed by atoms with E-state index < -0.39 is 5.60 Å². The van der Waals surface area contributed by atoms with E-state index in [2.05, 4.69) is 0 Å². The van der Waals surface area contributed by atoms with Crippen molar-refractivity contribution in [2.45, 2.75) is 51.9 Å². The van der Waals surface area contributed by atoms with Gasteiger partial charge in [0.25, 0.3) is 0 Å². The van der Waals surface area contributed by atoms with Crippen molar-refractivity contribution in [1.82, 2.24) is 4.90 Å². The van der Waals surface area contributed by atoms with E-state index in [-0.39, 0.29) is 18.2 Å². The predicted octanol–water partition coefficient (Wildman–Crippen LogP) is 3.46. The monoisotopic (exact) mass is 277 g/mol. The van der Waals surface area contributed by atoms with Gasteiger partial charge in [-0.1, -0.05) is 18.2 Å². The maximum absolute atomic E-state index is 12.1. The Labute approximate surface area is 120 Å². The molecule has 4 nitrogen and oxygen atoms in total. The fourth-order valence-corrected chi connectivity index (χ4v) is 2.33. The van der Waals surface area contributed by atoms with E-state index in [1.165, 1.54) is 0 Å². The van der Waals surface area contributed by atoms with Crippen molar-refractivity contribution in [2.24, 2.45) is 0 Å².